The number of fused-ring (bicyclic) bond motifs is 1. The zero-order valence-corrected chi connectivity index (χ0v) is 10.2. The monoisotopic (exact) mass is 262 g/mol. The van der Waals surface area contributed by atoms with E-state index in [1.54, 1.807) is 12.3 Å². The molecule has 0 saturated carbocycles. The lowest BCUT2D eigenvalue weighted by Crippen LogP contribution is -1.78. The summed E-state index contributed by atoms with van der Waals surface area (Å²) in [5.41, 5.74) is 1.66. The summed E-state index contributed by atoms with van der Waals surface area (Å²) in [5, 5.41) is 10.9. The Morgan fingerprint density at radius 1 is 1.24 bits per heavy atom. The van der Waals surface area contributed by atoms with Crippen LogP contribution in [0.1, 0.15) is 0 Å². The zero-order valence-electron chi connectivity index (χ0n) is 8.59. The largest absolute Gasteiger partial charge is 0.506 e. The molecular weight excluding hydrogens is 256 g/mol. The maximum Gasteiger partial charge on any atom is 0.134 e. The second-order valence-electron chi connectivity index (χ2n) is 3.54. The SMILES string of the molecule is Oc1cncc(-c2nc3cccc(Cl)c3s2)c1. The van der Waals surface area contributed by atoms with Gasteiger partial charge in [-0.05, 0) is 18.2 Å². The molecule has 1 aromatic carbocycles. The number of nitrogens with zero attached hydrogens (tertiary/aromatic N) is 2. The van der Waals surface area contributed by atoms with Crippen molar-refractivity contribution < 1.29 is 5.11 Å². The van der Waals surface area contributed by atoms with Crippen LogP contribution in [0.3, 0.4) is 0 Å². The van der Waals surface area contributed by atoms with E-state index in [1.165, 1.54) is 17.5 Å². The van der Waals surface area contributed by atoms with Crippen LogP contribution >= 0.6 is 22.9 Å². The van der Waals surface area contributed by atoms with Gasteiger partial charge in [0, 0.05) is 11.8 Å². The van der Waals surface area contributed by atoms with E-state index < -0.39 is 0 Å². The lowest BCUT2D eigenvalue weighted by Gasteiger charge is -1.95. The molecule has 2 aromatic heterocycles. The minimum Gasteiger partial charge on any atom is -0.506 e. The molecule has 5 heteroatoms. The van der Waals surface area contributed by atoms with Gasteiger partial charge in [-0.25, -0.2) is 4.98 Å². The highest BCUT2D eigenvalue weighted by Gasteiger charge is 2.09. The van der Waals surface area contributed by atoms with Crippen molar-refractivity contribution in [3.05, 3.63) is 41.7 Å². The molecule has 0 aliphatic rings. The van der Waals surface area contributed by atoms with Crippen LogP contribution in [-0.2, 0) is 0 Å². The van der Waals surface area contributed by atoms with Crippen LogP contribution in [-0.4, -0.2) is 15.1 Å². The van der Waals surface area contributed by atoms with Gasteiger partial charge in [-0.1, -0.05) is 17.7 Å². The van der Waals surface area contributed by atoms with Crippen LogP contribution in [0.4, 0.5) is 0 Å². The summed E-state index contributed by atoms with van der Waals surface area (Å²) in [4.78, 5) is 8.40. The van der Waals surface area contributed by atoms with Crippen LogP contribution in [0.5, 0.6) is 5.75 Å². The van der Waals surface area contributed by atoms with Gasteiger partial charge >= 0.3 is 0 Å². The standard InChI is InChI=1S/C12H7ClN2OS/c13-9-2-1-3-10-11(9)17-12(15-10)7-4-8(16)6-14-5-7/h1-6,16H. The number of thiazole rings is 1. The molecule has 3 nitrogen and oxygen atoms in total. The molecule has 2 heterocycles. The summed E-state index contributed by atoms with van der Waals surface area (Å²) >= 11 is 7.59. The molecule has 0 aliphatic heterocycles. The average Bonchev–Trinajstić information content (AvgIpc) is 2.74. The maximum absolute atomic E-state index is 9.39. The maximum atomic E-state index is 9.39. The first-order valence-corrected chi connectivity index (χ1v) is 6.13. The van der Waals surface area contributed by atoms with E-state index in [0.29, 0.717) is 5.02 Å². The van der Waals surface area contributed by atoms with E-state index in [4.69, 9.17) is 11.6 Å². The van der Waals surface area contributed by atoms with Crippen molar-refractivity contribution in [1.82, 2.24) is 9.97 Å². The third-order valence-electron chi connectivity index (χ3n) is 2.34. The number of hydrogen-bond acceptors (Lipinski definition) is 4. The van der Waals surface area contributed by atoms with E-state index in [2.05, 4.69) is 9.97 Å². The number of halogens is 1. The van der Waals surface area contributed by atoms with Gasteiger partial charge in [-0.2, -0.15) is 0 Å². The van der Waals surface area contributed by atoms with Crippen molar-refractivity contribution in [2.75, 3.05) is 0 Å². The smallest absolute Gasteiger partial charge is 0.134 e. The summed E-state index contributed by atoms with van der Waals surface area (Å²) in [6.07, 6.45) is 3.06. The lowest BCUT2D eigenvalue weighted by molar-refractivity contribution is 0.473. The lowest BCUT2D eigenvalue weighted by atomic mass is 10.3. The highest BCUT2D eigenvalue weighted by atomic mass is 35.5. The fraction of sp³-hybridized carbons (Fsp3) is 0. The average molecular weight is 263 g/mol. The molecule has 0 spiro atoms. The molecule has 3 rings (SSSR count). The molecule has 0 fully saturated rings. The van der Waals surface area contributed by atoms with Gasteiger partial charge in [0.05, 0.1) is 21.4 Å². The van der Waals surface area contributed by atoms with Crippen molar-refractivity contribution >= 4 is 33.2 Å². The Bertz CT molecular complexity index is 696. The molecule has 17 heavy (non-hydrogen) atoms. The summed E-state index contributed by atoms with van der Waals surface area (Å²) in [5.74, 6) is 0.132. The number of rotatable bonds is 1. The number of aromatic nitrogens is 2. The molecule has 0 radical (unpaired) electrons. The van der Waals surface area contributed by atoms with E-state index in [-0.39, 0.29) is 5.75 Å². The molecule has 0 amide bonds. The fourth-order valence-corrected chi connectivity index (χ4v) is 2.82. The van der Waals surface area contributed by atoms with E-state index in [0.717, 1.165) is 20.8 Å². The molecule has 0 bridgehead atoms. The van der Waals surface area contributed by atoms with Crippen LogP contribution in [0.15, 0.2) is 36.7 Å². The molecule has 0 saturated heterocycles. The number of aromatic hydroxyl groups is 1. The first kappa shape index (κ1) is 10.5. The summed E-state index contributed by atoms with van der Waals surface area (Å²) in [7, 11) is 0. The van der Waals surface area contributed by atoms with Gasteiger partial charge < -0.3 is 5.11 Å². The Morgan fingerprint density at radius 2 is 2.12 bits per heavy atom. The third kappa shape index (κ3) is 1.85. The quantitative estimate of drug-likeness (QED) is 0.727. The Kier molecular flexibility index (Phi) is 2.46. The van der Waals surface area contributed by atoms with Crippen molar-refractivity contribution in [3.63, 3.8) is 0 Å². The second kappa shape index (κ2) is 3.98. The van der Waals surface area contributed by atoms with Crippen molar-refractivity contribution in [1.29, 1.82) is 0 Å². The topological polar surface area (TPSA) is 46.0 Å². The first-order chi connectivity index (χ1) is 8.24. The van der Waals surface area contributed by atoms with E-state index >= 15 is 0 Å². The predicted octanol–water partition coefficient (Wildman–Crippen LogP) is 3.72. The minimum atomic E-state index is 0.132. The molecule has 84 valence electrons. The fourth-order valence-electron chi connectivity index (χ4n) is 1.58. The number of pyridine rings is 1. The van der Waals surface area contributed by atoms with Crippen LogP contribution in [0.2, 0.25) is 5.02 Å². The van der Waals surface area contributed by atoms with Crippen LogP contribution < -0.4 is 0 Å². The van der Waals surface area contributed by atoms with Crippen LogP contribution in [0, 0.1) is 0 Å². The highest BCUT2D eigenvalue weighted by Crippen LogP contribution is 2.34. The summed E-state index contributed by atoms with van der Waals surface area (Å²) < 4.78 is 0.951. The Balaban J connectivity index is 2.22. The van der Waals surface area contributed by atoms with E-state index in [1.807, 2.05) is 18.2 Å². The molecule has 3 aromatic rings. The first-order valence-electron chi connectivity index (χ1n) is 4.93. The van der Waals surface area contributed by atoms with Crippen LogP contribution in [0.25, 0.3) is 20.8 Å². The molecule has 1 N–H and O–H groups in total. The predicted molar refractivity (Wildman–Crippen MR) is 69.5 cm³/mol. The third-order valence-corrected chi connectivity index (χ3v) is 3.92. The Labute approximate surface area is 106 Å². The van der Waals surface area contributed by atoms with Crippen molar-refractivity contribution in [2.24, 2.45) is 0 Å². The summed E-state index contributed by atoms with van der Waals surface area (Å²) in [6.45, 7) is 0. The molecule has 0 atom stereocenters. The second-order valence-corrected chi connectivity index (χ2v) is 4.95. The van der Waals surface area contributed by atoms with E-state index in [9.17, 15) is 5.11 Å². The van der Waals surface area contributed by atoms with Gasteiger partial charge in [-0.3, -0.25) is 4.98 Å². The van der Waals surface area contributed by atoms with Crippen molar-refractivity contribution in [3.8, 4) is 16.3 Å². The summed E-state index contributed by atoms with van der Waals surface area (Å²) in [6, 6.07) is 7.26. The van der Waals surface area contributed by atoms with Gasteiger partial charge in [0.1, 0.15) is 10.8 Å². The molecular formula is C12H7ClN2OS. The molecule has 0 unspecified atom stereocenters. The van der Waals surface area contributed by atoms with Gasteiger partial charge in [0.15, 0.2) is 0 Å². The molecule has 0 aliphatic carbocycles. The van der Waals surface area contributed by atoms with Gasteiger partial charge in [0.25, 0.3) is 0 Å². The normalized spacial score (nSPS) is 10.9. The van der Waals surface area contributed by atoms with Gasteiger partial charge in [-0.15, -0.1) is 11.3 Å². The zero-order chi connectivity index (χ0) is 11.8. The number of hydrogen-bond donors (Lipinski definition) is 1. The van der Waals surface area contributed by atoms with Crippen molar-refractivity contribution in [2.45, 2.75) is 0 Å². The Morgan fingerprint density at radius 3 is 2.88 bits per heavy atom. The highest BCUT2D eigenvalue weighted by molar-refractivity contribution is 7.22. The minimum absolute atomic E-state index is 0.132. The Hall–Kier alpha value is -1.65. The van der Waals surface area contributed by atoms with Gasteiger partial charge in [0.2, 0.25) is 0 Å². The number of benzene rings is 1.